The topological polar surface area (TPSA) is 41.1 Å². The van der Waals surface area contributed by atoms with E-state index in [0.29, 0.717) is 5.92 Å². The molecule has 1 aliphatic heterocycles. The Morgan fingerprint density at radius 1 is 1.50 bits per heavy atom. The molecule has 1 saturated heterocycles. The first kappa shape index (κ1) is 15.3. The van der Waals surface area contributed by atoms with Crippen LogP contribution in [0.15, 0.2) is 29.2 Å². The second-order valence-electron chi connectivity index (χ2n) is 4.43. The van der Waals surface area contributed by atoms with E-state index in [1.165, 1.54) is 4.90 Å². The van der Waals surface area contributed by atoms with E-state index in [1.807, 2.05) is 37.4 Å². The summed E-state index contributed by atoms with van der Waals surface area (Å²) in [6.45, 7) is 3.91. The highest BCUT2D eigenvalue weighted by atomic mass is 35.5. The molecular formula is C13H19ClN2OS. The van der Waals surface area contributed by atoms with Gasteiger partial charge in [0.05, 0.1) is 0 Å². The molecule has 1 heterocycles. The van der Waals surface area contributed by atoms with Crippen molar-refractivity contribution < 1.29 is 4.79 Å². The third-order valence-electron chi connectivity index (χ3n) is 3.27. The molecule has 3 nitrogen and oxygen atoms in total. The second kappa shape index (κ2) is 7.02. The van der Waals surface area contributed by atoms with Gasteiger partial charge in [0.25, 0.3) is 0 Å². The summed E-state index contributed by atoms with van der Waals surface area (Å²) in [5.41, 5.74) is 0.890. The lowest BCUT2D eigenvalue weighted by atomic mass is 9.88. The van der Waals surface area contributed by atoms with E-state index in [-0.39, 0.29) is 24.2 Å². The molecule has 0 radical (unpaired) electrons. The number of anilines is 1. The van der Waals surface area contributed by atoms with Crippen molar-refractivity contribution in [3.8, 4) is 0 Å². The fourth-order valence-electron chi connectivity index (χ4n) is 1.84. The zero-order valence-electron chi connectivity index (χ0n) is 10.6. The molecule has 1 unspecified atom stereocenters. The van der Waals surface area contributed by atoms with Gasteiger partial charge in [-0.1, -0.05) is 13.0 Å². The molecule has 0 aliphatic carbocycles. The van der Waals surface area contributed by atoms with Crippen LogP contribution in [0.25, 0.3) is 0 Å². The monoisotopic (exact) mass is 286 g/mol. The summed E-state index contributed by atoms with van der Waals surface area (Å²) in [7, 11) is 0. The first-order valence-electron chi connectivity index (χ1n) is 5.86. The maximum absolute atomic E-state index is 12.0. The minimum atomic E-state index is 0. The largest absolute Gasteiger partial charge is 0.326 e. The molecule has 1 fully saturated rings. The molecule has 18 heavy (non-hydrogen) atoms. The van der Waals surface area contributed by atoms with E-state index in [1.54, 1.807) is 11.8 Å². The number of benzene rings is 1. The lowest BCUT2D eigenvalue weighted by molar-refractivity contribution is -0.121. The minimum Gasteiger partial charge on any atom is -0.326 e. The third kappa shape index (κ3) is 3.64. The lowest BCUT2D eigenvalue weighted by Gasteiger charge is -2.31. The van der Waals surface area contributed by atoms with E-state index >= 15 is 0 Å². The Bertz CT molecular complexity index is 410. The third-order valence-corrected chi connectivity index (χ3v) is 4.00. The van der Waals surface area contributed by atoms with Crippen molar-refractivity contribution in [2.45, 2.75) is 11.8 Å². The van der Waals surface area contributed by atoms with E-state index in [4.69, 9.17) is 0 Å². The summed E-state index contributed by atoms with van der Waals surface area (Å²) < 4.78 is 0. The minimum absolute atomic E-state index is 0. The van der Waals surface area contributed by atoms with Crippen LogP contribution in [-0.2, 0) is 4.79 Å². The summed E-state index contributed by atoms with van der Waals surface area (Å²) >= 11 is 1.68. The van der Waals surface area contributed by atoms with Gasteiger partial charge in [-0.15, -0.1) is 24.2 Å². The van der Waals surface area contributed by atoms with Crippen LogP contribution in [0.1, 0.15) is 6.92 Å². The van der Waals surface area contributed by atoms with Crippen molar-refractivity contribution in [2.75, 3.05) is 24.7 Å². The Labute approximate surface area is 119 Å². The number of halogens is 1. The highest BCUT2D eigenvalue weighted by Crippen LogP contribution is 2.21. The smallest absolute Gasteiger partial charge is 0.227 e. The maximum Gasteiger partial charge on any atom is 0.227 e. The molecule has 5 heteroatoms. The molecular weight excluding hydrogens is 268 g/mol. The summed E-state index contributed by atoms with van der Waals surface area (Å²) in [4.78, 5) is 13.2. The molecule has 2 rings (SSSR count). The van der Waals surface area contributed by atoms with Crippen LogP contribution < -0.4 is 10.6 Å². The SMILES string of the molecule is CSc1cccc(NC(=O)C(C)C2CNC2)c1.Cl. The zero-order chi connectivity index (χ0) is 12.3. The van der Waals surface area contributed by atoms with Crippen molar-refractivity contribution in [1.29, 1.82) is 0 Å². The second-order valence-corrected chi connectivity index (χ2v) is 5.31. The lowest BCUT2D eigenvalue weighted by Crippen LogP contribution is -2.48. The van der Waals surface area contributed by atoms with E-state index in [2.05, 4.69) is 10.6 Å². The Hall–Kier alpha value is -0.710. The van der Waals surface area contributed by atoms with Crippen molar-refractivity contribution in [1.82, 2.24) is 5.32 Å². The Balaban J connectivity index is 0.00000162. The first-order chi connectivity index (χ1) is 8.20. The first-order valence-corrected chi connectivity index (χ1v) is 7.09. The van der Waals surface area contributed by atoms with Gasteiger partial charge in [-0.05, 0) is 43.5 Å². The molecule has 100 valence electrons. The average molecular weight is 287 g/mol. The molecule has 1 aromatic carbocycles. The molecule has 1 amide bonds. The summed E-state index contributed by atoms with van der Waals surface area (Å²) in [5, 5.41) is 6.18. The number of amides is 1. The van der Waals surface area contributed by atoms with E-state index in [9.17, 15) is 4.79 Å². The summed E-state index contributed by atoms with van der Waals surface area (Å²) in [5.74, 6) is 0.683. The van der Waals surface area contributed by atoms with Gasteiger partial charge in [-0.2, -0.15) is 0 Å². The molecule has 1 aliphatic rings. The van der Waals surface area contributed by atoms with Crippen LogP contribution in [0, 0.1) is 11.8 Å². The number of nitrogens with one attached hydrogen (secondary N) is 2. The Morgan fingerprint density at radius 3 is 2.78 bits per heavy atom. The van der Waals surface area contributed by atoms with Crippen molar-refractivity contribution in [3.63, 3.8) is 0 Å². The normalized spacial score (nSPS) is 16.3. The van der Waals surface area contributed by atoms with Crippen LogP contribution >= 0.6 is 24.2 Å². The molecule has 1 atom stereocenters. The molecule has 1 aromatic rings. The van der Waals surface area contributed by atoms with Gasteiger partial charge in [-0.25, -0.2) is 0 Å². The fraction of sp³-hybridized carbons (Fsp3) is 0.462. The zero-order valence-corrected chi connectivity index (χ0v) is 12.2. The standard InChI is InChI=1S/C13H18N2OS.ClH/c1-9(10-7-14-8-10)13(16)15-11-4-3-5-12(6-11)17-2;/h3-6,9-10,14H,7-8H2,1-2H3,(H,15,16);1H. The predicted molar refractivity (Wildman–Crippen MR) is 79.6 cm³/mol. The maximum atomic E-state index is 12.0. The summed E-state index contributed by atoms with van der Waals surface area (Å²) in [6.07, 6.45) is 2.03. The molecule has 0 spiro atoms. The van der Waals surface area contributed by atoms with Crippen molar-refractivity contribution >= 4 is 35.8 Å². The van der Waals surface area contributed by atoms with Crippen molar-refractivity contribution in [3.05, 3.63) is 24.3 Å². The number of rotatable bonds is 4. The van der Waals surface area contributed by atoms with Gasteiger partial charge in [0, 0.05) is 16.5 Å². The molecule has 0 saturated carbocycles. The van der Waals surface area contributed by atoms with Crippen LogP contribution in [0.3, 0.4) is 0 Å². The van der Waals surface area contributed by atoms with Gasteiger partial charge in [0.1, 0.15) is 0 Å². The van der Waals surface area contributed by atoms with Crippen LogP contribution in [0.5, 0.6) is 0 Å². The molecule has 0 bridgehead atoms. The fourth-order valence-corrected chi connectivity index (χ4v) is 2.30. The van der Waals surface area contributed by atoms with Crippen molar-refractivity contribution in [2.24, 2.45) is 11.8 Å². The van der Waals surface area contributed by atoms with Gasteiger partial charge < -0.3 is 10.6 Å². The number of carbonyl (C=O) groups excluding carboxylic acids is 1. The molecule has 0 aromatic heterocycles. The van der Waals surface area contributed by atoms with Gasteiger partial charge in [-0.3, -0.25) is 4.79 Å². The quantitative estimate of drug-likeness (QED) is 0.836. The summed E-state index contributed by atoms with van der Waals surface area (Å²) in [6, 6.07) is 7.95. The van der Waals surface area contributed by atoms with Gasteiger partial charge in [0.2, 0.25) is 5.91 Å². The highest BCUT2D eigenvalue weighted by Gasteiger charge is 2.28. The van der Waals surface area contributed by atoms with Crippen LogP contribution in [-0.4, -0.2) is 25.3 Å². The van der Waals surface area contributed by atoms with E-state index in [0.717, 1.165) is 18.8 Å². The highest BCUT2D eigenvalue weighted by molar-refractivity contribution is 7.98. The molecule has 2 N–H and O–H groups in total. The Morgan fingerprint density at radius 2 is 2.22 bits per heavy atom. The van der Waals surface area contributed by atoms with Crippen LogP contribution in [0.2, 0.25) is 0 Å². The number of thioether (sulfide) groups is 1. The number of carbonyl (C=O) groups is 1. The number of hydrogen-bond donors (Lipinski definition) is 2. The van der Waals surface area contributed by atoms with Crippen LogP contribution in [0.4, 0.5) is 5.69 Å². The number of hydrogen-bond acceptors (Lipinski definition) is 3. The predicted octanol–water partition coefficient (Wildman–Crippen LogP) is 2.62. The van der Waals surface area contributed by atoms with E-state index < -0.39 is 0 Å². The Kier molecular flexibility index (Phi) is 5.99. The average Bonchev–Trinajstić information content (AvgIpc) is 2.27. The van der Waals surface area contributed by atoms with Gasteiger partial charge in [0.15, 0.2) is 0 Å². The van der Waals surface area contributed by atoms with Gasteiger partial charge >= 0.3 is 0 Å².